The van der Waals surface area contributed by atoms with Crippen molar-refractivity contribution in [3.8, 4) is 0 Å². The normalized spacial score (nSPS) is 27.3. The highest BCUT2D eigenvalue weighted by Gasteiger charge is 2.31. The molecule has 2 aliphatic heterocycles. The molecule has 2 heterocycles. The number of benzene rings is 1. The van der Waals surface area contributed by atoms with Gasteiger partial charge in [-0.25, -0.2) is 0 Å². The van der Waals surface area contributed by atoms with E-state index in [1.54, 1.807) is 0 Å². The number of fused-ring (bicyclic) bond motifs is 1. The highest BCUT2D eigenvalue weighted by atomic mass is 32.2. The van der Waals surface area contributed by atoms with Gasteiger partial charge in [0.05, 0.1) is 11.0 Å². The van der Waals surface area contributed by atoms with Gasteiger partial charge in [-0.15, -0.1) is 11.8 Å². The van der Waals surface area contributed by atoms with Gasteiger partial charge in [-0.05, 0) is 31.0 Å². The molecule has 0 bridgehead atoms. The van der Waals surface area contributed by atoms with Crippen LogP contribution < -0.4 is 5.73 Å². The zero-order valence-electron chi connectivity index (χ0n) is 10.3. The van der Waals surface area contributed by atoms with Crippen molar-refractivity contribution in [2.75, 3.05) is 18.8 Å². The van der Waals surface area contributed by atoms with Gasteiger partial charge in [0, 0.05) is 23.1 Å². The van der Waals surface area contributed by atoms with Crippen LogP contribution in [0.5, 0.6) is 0 Å². The van der Waals surface area contributed by atoms with Crippen LogP contribution in [-0.4, -0.2) is 34.8 Å². The molecule has 0 aliphatic carbocycles. The van der Waals surface area contributed by atoms with Crippen molar-refractivity contribution in [3.63, 3.8) is 0 Å². The number of thiocarbonyl (C=S) groups is 1. The maximum atomic E-state index is 5.84. The smallest absolute Gasteiger partial charge is 0.0902 e. The first-order valence-electron chi connectivity index (χ1n) is 6.51. The summed E-state index contributed by atoms with van der Waals surface area (Å²) in [6.45, 7) is 2.25. The minimum atomic E-state index is 0.331. The van der Waals surface area contributed by atoms with Crippen LogP contribution in [0.3, 0.4) is 0 Å². The number of hydrogen-bond acceptors (Lipinski definition) is 3. The number of likely N-dealkylation sites (tertiary alicyclic amines) is 1. The molecular formula is C14H18N2S2. The first kappa shape index (κ1) is 12.5. The van der Waals surface area contributed by atoms with E-state index in [0.29, 0.717) is 16.9 Å². The molecule has 0 radical (unpaired) electrons. The summed E-state index contributed by atoms with van der Waals surface area (Å²) in [4.78, 5) is 4.61. The molecule has 1 fully saturated rings. The highest BCUT2D eigenvalue weighted by molar-refractivity contribution is 7.99. The molecule has 2 atom stereocenters. The van der Waals surface area contributed by atoms with Crippen molar-refractivity contribution in [1.82, 2.24) is 4.90 Å². The average Bonchev–Trinajstić information content (AvgIpc) is 2.97. The van der Waals surface area contributed by atoms with Crippen molar-refractivity contribution >= 4 is 29.0 Å². The SMILES string of the molecule is NC(=S)C1CCCN1CC1CSc2ccccc21. The summed E-state index contributed by atoms with van der Waals surface area (Å²) in [6.07, 6.45) is 2.36. The highest BCUT2D eigenvalue weighted by Crippen LogP contribution is 2.40. The number of nitrogens with zero attached hydrogens (tertiary/aromatic N) is 1. The molecular weight excluding hydrogens is 260 g/mol. The number of hydrogen-bond donors (Lipinski definition) is 1. The predicted molar refractivity (Wildman–Crippen MR) is 81.3 cm³/mol. The van der Waals surface area contributed by atoms with Gasteiger partial charge in [-0.3, -0.25) is 4.90 Å². The third kappa shape index (κ3) is 2.29. The fraction of sp³-hybridized carbons (Fsp3) is 0.500. The minimum absolute atomic E-state index is 0.331. The fourth-order valence-corrected chi connectivity index (χ4v) is 4.54. The third-order valence-corrected chi connectivity index (χ3v) is 5.47. The second-order valence-corrected chi connectivity index (χ2v) is 6.63. The summed E-state index contributed by atoms with van der Waals surface area (Å²) in [7, 11) is 0. The van der Waals surface area contributed by atoms with E-state index in [1.165, 1.54) is 22.6 Å². The van der Waals surface area contributed by atoms with Crippen LogP contribution in [-0.2, 0) is 0 Å². The van der Waals surface area contributed by atoms with Gasteiger partial charge in [-0.1, -0.05) is 30.4 Å². The Kier molecular flexibility index (Phi) is 3.59. The van der Waals surface area contributed by atoms with Gasteiger partial charge in [0.2, 0.25) is 0 Å². The second-order valence-electron chi connectivity index (χ2n) is 5.10. The van der Waals surface area contributed by atoms with Crippen molar-refractivity contribution in [1.29, 1.82) is 0 Å². The minimum Gasteiger partial charge on any atom is -0.392 e. The average molecular weight is 278 g/mol. The summed E-state index contributed by atoms with van der Waals surface area (Å²) >= 11 is 7.16. The van der Waals surface area contributed by atoms with Crippen molar-refractivity contribution in [2.24, 2.45) is 5.73 Å². The molecule has 1 aromatic carbocycles. The van der Waals surface area contributed by atoms with E-state index < -0.39 is 0 Å². The lowest BCUT2D eigenvalue weighted by Crippen LogP contribution is -2.41. The van der Waals surface area contributed by atoms with Crippen molar-refractivity contribution in [2.45, 2.75) is 29.7 Å². The molecule has 18 heavy (non-hydrogen) atoms. The molecule has 2 N–H and O–H groups in total. The van der Waals surface area contributed by atoms with Crippen LogP contribution in [0.2, 0.25) is 0 Å². The molecule has 2 nitrogen and oxygen atoms in total. The molecule has 0 aromatic heterocycles. The predicted octanol–water partition coefficient (Wildman–Crippen LogP) is 2.63. The summed E-state index contributed by atoms with van der Waals surface area (Å²) in [5.41, 5.74) is 7.35. The largest absolute Gasteiger partial charge is 0.392 e. The molecule has 4 heteroatoms. The van der Waals surface area contributed by atoms with E-state index in [9.17, 15) is 0 Å². The van der Waals surface area contributed by atoms with E-state index in [-0.39, 0.29) is 0 Å². The Morgan fingerprint density at radius 2 is 2.28 bits per heavy atom. The molecule has 2 unspecified atom stereocenters. The van der Waals surface area contributed by atoms with Crippen LogP contribution in [0.4, 0.5) is 0 Å². The third-order valence-electron chi connectivity index (χ3n) is 3.95. The molecule has 0 saturated carbocycles. The van der Waals surface area contributed by atoms with Gasteiger partial charge in [-0.2, -0.15) is 0 Å². The first-order chi connectivity index (χ1) is 8.75. The quantitative estimate of drug-likeness (QED) is 0.861. The summed E-state index contributed by atoms with van der Waals surface area (Å²) in [6, 6.07) is 9.10. The maximum Gasteiger partial charge on any atom is 0.0902 e. The summed E-state index contributed by atoms with van der Waals surface area (Å²) in [5, 5.41) is 0. The van der Waals surface area contributed by atoms with E-state index in [4.69, 9.17) is 18.0 Å². The molecule has 1 aromatic rings. The van der Waals surface area contributed by atoms with Crippen LogP contribution in [0, 0.1) is 0 Å². The van der Waals surface area contributed by atoms with Crippen LogP contribution in [0.15, 0.2) is 29.2 Å². The zero-order valence-corrected chi connectivity index (χ0v) is 12.0. The molecule has 96 valence electrons. The summed E-state index contributed by atoms with van der Waals surface area (Å²) < 4.78 is 0. The van der Waals surface area contributed by atoms with Crippen LogP contribution >= 0.6 is 24.0 Å². The molecule has 0 spiro atoms. The zero-order chi connectivity index (χ0) is 12.5. The standard InChI is InChI=1S/C14H18N2S2/c15-14(17)12-5-3-7-16(12)8-10-9-18-13-6-2-1-4-11(10)13/h1-2,4,6,10,12H,3,5,7-9H2,(H2,15,17). The van der Waals surface area contributed by atoms with E-state index in [0.717, 1.165) is 19.5 Å². The summed E-state index contributed by atoms with van der Waals surface area (Å²) in [5.74, 6) is 1.83. The Morgan fingerprint density at radius 3 is 3.11 bits per heavy atom. The molecule has 1 saturated heterocycles. The molecule has 3 rings (SSSR count). The number of rotatable bonds is 3. The van der Waals surface area contributed by atoms with Gasteiger partial charge < -0.3 is 5.73 Å². The second kappa shape index (κ2) is 5.19. The van der Waals surface area contributed by atoms with E-state index in [2.05, 4.69) is 29.2 Å². The fourth-order valence-electron chi connectivity index (χ4n) is 3.03. The molecule has 2 aliphatic rings. The Hall–Kier alpha value is -0.580. The topological polar surface area (TPSA) is 29.3 Å². The van der Waals surface area contributed by atoms with Gasteiger partial charge in [0.25, 0.3) is 0 Å². The Labute approximate surface area is 118 Å². The van der Waals surface area contributed by atoms with Gasteiger partial charge in [0.1, 0.15) is 0 Å². The van der Waals surface area contributed by atoms with Crippen LogP contribution in [0.25, 0.3) is 0 Å². The molecule has 0 amide bonds. The number of thioether (sulfide) groups is 1. The first-order valence-corrected chi connectivity index (χ1v) is 7.90. The van der Waals surface area contributed by atoms with Crippen molar-refractivity contribution < 1.29 is 0 Å². The Balaban J connectivity index is 1.73. The van der Waals surface area contributed by atoms with E-state index >= 15 is 0 Å². The lowest BCUT2D eigenvalue weighted by Gasteiger charge is -2.26. The number of nitrogens with two attached hydrogens (primary N) is 1. The maximum absolute atomic E-state index is 5.84. The van der Waals surface area contributed by atoms with E-state index in [1.807, 2.05) is 11.8 Å². The lowest BCUT2D eigenvalue weighted by atomic mass is 10.0. The Bertz CT molecular complexity index is 461. The monoisotopic (exact) mass is 278 g/mol. The van der Waals surface area contributed by atoms with Gasteiger partial charge >= 0.3 is 0 Å². The van der Waals surface area contributed by atoms with Gasteiger partial charge in [0.15, 0.2) is 0 Å². The van der Waals surface area contributed by atoms with Crippen LogP contribution in [0.1, 0.15) is 24.3 Å². The van der Waals surface area contributed by atoms with Crippen molar-refractivity contribution in [3.05, 3.63) is 29.8 Å². The Morgan fingerprint density at radius 1 is 1.44 bits per heavy atom. The lowest BCUT2D eigenvalue weighted by molar-refractivity contribution is 0.289.